The molecule has 1 atom stereocenters. The minimum atomic E-state index is 0. The van der Waals surface area contributed by atoms with Crippen LogP contribution in [0.1, 0.15) is 50.6 Å². The molecule has 2 aliphatic heterocycles. The molecule has 0 amide bonds. The molecule has 0 spiro atoms. The number of benzene rings is 1. The van der Waals surface area contributed by atoms with Crippen LogP contribution < -0.4 is 10.6 Å². The van der Waals surface area contributed by atoms with E-state index in [4.69, 9.17) is 11.6 Å². The zero-order valence-corrected chi connectivity index (χ0v) is 21.2. The van der Waals surface area contributed by atoms with Crippen LogP contribution in [0.2, 0.25) is 5.02 Å². The SMILES string of the molecule is CN=C(NCC1(N2CCCCC2)CCN(C)CC1)NC(C)c1ccccc1Cl.I. The summed E-state index contributed by atoms with van der Waals surface area (Å²) in [6.07, 6.45) is 6.46. The van der Waals surface area contributed by atoms with Gasteiger partial charge in [0.15, 0.2) is 5.96 Å². The second-order valence-electron chi connectivity index (χ2n) is 8.39. The van der Waals surface area contributed by atoms with Crippen molar-refractivity contribution in [2.75, 3.05) is 46.8 Å². The maximum Gasteiger partial charge on any atom is 0.191 e. The van der Waals surface area contributed by atoms with Gasteiger partial charge in [0.1, 0.15) is 0 Å². The highest BCUT2D eigenvalue weighted by atomic mass is 127. The van der Waals surface area contributed by atoms with Gasteiger partial charge in [0.25, 0.3) is 0 Å². The molecule has 164 valence electrons. The first-order valence-electron chi connectivity index (χ1n) is 10.7. The van der Waals surface area contributed by atoms with Gasteiger partial charge in [-0.3, -0.25) is 9.89 Å². The van der Waals surface area contributed by atoms with Crippen molar-refractivity contribution in [3.8, 4) is 0 Å². The molecule has 1 aromatic rings. The van der Waals surface area contributed by atoms with Gasteiger partial charge in [-0.2, -0.15) is 0 Å². The Bertz CT molecular complexity index is 654. The fourth-order valence-corrected chi connectivity index (χ4v) is 4.86. The lowest BCUT2D eigenvalue weighted by molar-refractivity contribution is 0.0173. The summed E-state index contributed by atoms with van der Waals surface area (Å²) in [7, 11) is 4.08. The number of piperidine rings is 2. The van der Waals surface area contributed by atoms with Crippen molar-refractivity contribution < 1.29 is 0 Å². The number of guanidine groups is 1. The predicted molar refractivity (Wildman–Crippen MR) is 135 cm³/mol. The van der Waals surface area contributed by atoms with Crippen molar-refractivity contribution in [3.63, 3.8) is 0 Å². The van der Waals surface area contributed by atoms with Gasteiger partial charge < -0.3 is 15.5 Å². The number of hydrogen-bond donors (Lipinski definition) is 2. The van der Waals surface area contributed by atoms with E-state index in [1.165, 1.54) is 58.3 Å². The molecule has 0 aromatic heterocycles. The van der Waals surface area contributed by atoms with Crippen molar-refractivity contribution in [1.82, 2.24) is 20.4 Å². The lowest BCUT2D eigenvalue weighted by Gasteiger charge is -2.50. The van der Waals surface area contributed by atoms with E-state index in [9.17, 15) is 0 Å². The molecule has 5 nitrogen and oxygen atoms in total. The van der Waals surface area contributed by atoms with Crippen LogP contribution in [-0.4, -0.2) is 68.1 Å². The van der Waals surface area contributed by atoms with Gasteiger partial charge >= 0.3 is 0 Å². The van der Waals surface area contributed by atoms with Gasteiger partial charge in [0.2, 0.25) is 0 Å². The maximum absolute atomic E-state index is 6.37. The van der Waals surface area contributed by atoms with Crippen LogP contribution in [0.3, 0.4) is 0 Å². The number of nitrogens with zero attached hydrogens (tertiary/aromatic N) is 3. The molecule has 0 bridgehead atoms. The minimum absolute atomic E-state index is 0. The van der Waals surface area contributed by atoms with Crippen LogP contribution in [0.5, 0.6) is 0 Å². The molecule has 7 heteroatoms. The van der Waals surface area contributed by atoms with Gasteiger partial charge in [-0.1, -0.05) is 36.2 Å². The lowest BCUT2D eigenvalue weighted by atomic mass is 9.84. The van der Waals surface area contributed by atoms with Gasteiger partial charge in [0.05, 0.1) is 6.04 Å². The van der Waals surface area contributed by atoms with Gasteiger partial charge in [0, 0.05) is 24.2 Å². The quantitative estimate of drug-likeness (QED) is 0.339. The Labute approximate surface area is 198 Å². The number of aliphatic imine (C=N–C) groups is 1. The molecule has 1 unspecified atom stereocenters. The number of hydrogen-bond acceptors (Lipinski definition) is 3. The first-order valence-corrected chi connectivity index (χ1v) is 11.1. The van der Waals surface area contributed by atoms with Crippen molar-refractivity contribution in [3.05, 3.63) is 34.9 Å². The Hall–Kier alpha value is -0.570. The Balaban J connectivity index is 0.00000300. The molecular formula is C22H37ClIN5. The molecule has 29 heavy (non-hydrogen) atoms. The molecule has 2 N–H and O–H groups in total. The highest BCUT2D eigenvalue weighted by molar-refractivity contribution is 14.0. The molecular weight excluding hydrogens is 497 g/mol. The molecule has 0 radical (unpaired) electrons. The lowest BCUT2D eigenvalue weighted by Crippen LogP contribution is -2.62. The average Bonchev–Trinajstić information content (AvgIpc) is 2.73. The summed E-state index contributed by atoms with van der Waals surface area (Å²) in [6, 6.07) is 8.10. The van der Waals surface area contributed by atoms with Crippen LogP contribution >= 0.6 is 35.6 Å². The van der Waals surface area contributed by atoms with Crippen LogP contribution in [0, 0.1) is 0 Å². The van der Waals surface area contributed by atoms with Gasteiger partial charge in [-0.25, -0.2) is 0 Å². The van der Waals surface area contributed by atoms with E-state index in [2.05, 4.69) is 45.5 Å². The van der Waals surface area contributed by atoms with E-state index < -0.39 is 0 Å². The zero-order chi connectivity index (χ0) is 20.0. The van der Waals surface area contributed by atoms with Crippen LogP contribution in [0.25, 0.3) is 0 Å². The molecule has 1 aromatic carbocycles. The monoisotopic (exact) mass is 533 g/mol. The third kappa shape index (κ3) is 6.45. The van der Waals surface area contributed by atoms with Crippen LogP contribution in [0.4, 0.5) is 0 Å². The van der Waals surface area contributed by atoms with E-state index in [0.717, 1.165) is 23.1 Å². The third-order valence-corrected chi connectivity index (χ3v) is 6.82. The summed E-state index contributed by atoms with van der Waals surface area (Å²) in [4.78, 5) is 9.69. The predicted octanol–water partition coefficient (Wildman–Crippen LogP) is 4.13. The van der Waals surface area contributed by atoms with E-state index in [1.807, 2.05) is 25.2 Å². The van der Waals surface area contributed by atoms with Crippen molar-refractivity contribution in [1.29, 1.82) is 0 Å². The first-order chi connectivity index (χ1) is 13.5. The highest BCUT2D eigenvalue weighted by Gasteiger charge is 2.39. The molecule has 0 saturated carbocycles. The summed E-state index contributed by atoms with van der Waals surface area (Å²) in [5.74, 6) is 0.850. The minimum Gasteiger partial charge on any atom is -0.355 e. The third-order valence-electron chi connectivity index (χ3n) is 6.48. The van der Waals surface area contributed by atoms with Crippen LogP contribution in [0.15, 0.2) is 29.3 Å². The fraction of sp³-hybridized carbons (Fsp3) is 0.682. The summed E-state index contributed by atoms with van der Waals surface area (Å²) in [6.45, 7) is 7.86. The Morgan fingerprint density at radius 2 is 1.79 bits per heavy atom. The van der Waals surface area contributed by atoms with Gasteiger partial charge in [-0.05, 0) is 77.5 Å². The Morgan fingerprint density at radius 1 is 1.14 bits per heavy atom. The molecule has 3 rings (SSSR count). The molecule has 2 aliphatic rings. The second kappa shape index (κ2) is 11.7. The summed E-state index contributed by atoms with van der Waals surface area (Å²) < 4.78 is 0. The largest absolute Gasteiger partial charge is 0.355 e. The number of likely N-dealkylation sites (tertiary alicyclic amines) is 2. The molecule has 0 aliphatic carbocycles. The van der Waals surface area contributed by atoms with Crippen molar-refractivity contribution >= 4 is 41.5 Å². The van der Waals surface area contributed by atoms with Crippen molar-refractivity contribution in [2.24, 2.45) is 4.99 Å². The topological polar surface area (TPSA) is 42.9 Å². The van der Waals surface area contributed by atoms with E-state index in [1.54, 1.807) is 0 Å². The summed E-state index contributed by atoms with van der Waals surface area (Å²) >= 11 is 6.37. The van der Waals surface area contributed by atoms with Crippen molar-refractivity contribution in [2.45, 2.75) is 50.6 Å². The average molecular weight is 534 g/mol. The summed E-state index contributed by atoms with van der Waals surface area (Å²) in [5.41, 5.74) is 1.33. The second-order valence-corrected chi connectivity index (χ2v) is 8.80. The molecule has 2 heterocycles. The van der Waals surface area contributed by atoms with E-state index in [0.29, 0.717) is 0 Å². The molecule has 2 fully saturated rings. The van der Waals surface area contributed by atoms with Gasteiger partial charge in [-0.15, -0.1) is 24.0 Å². The first kappa shape index (κ1) is 24.7. The smallest absolute Gasteiger partial charge is 0.191 e. The summed E-state index contributed by atoms with van der Waals surface area (Å²) in [5, 5.41) is 7.96. The number of nitrogens with one attached hydrogen (secondary N) is 2. The normalized spacial score (nSPS) is 21.9. The number of rotatable bonds is 5. The standard InChI is InChI=1S/C22H36ClN5.HI/c1-18(19-9-5-6-10-20(19)23)26-21(24-2)25-17-22(11-15-27(3)16-12-22)28-13-7-4-8-14-28;/h5-6,9-10,18H,4,7-8,11-17H2,1-3H3,(H2,24,25,26);1H. The Morgan fingerprint density at radius 3 is 2.41 bits per heavy atom. The van der Waals surface area contributed by atoms with E-state index in [-0.39, 0.29) is 35.6 Å². The number of halogens is 2. The zero-order valence-electron chi connectivity index (χ0n) is 18.1. The fourth-order valence-electron chi connectivity index (χ4n) is 4.56. The highest BCUT2D eigenvalue weighted by Crippen LogP contribution is 2.31. The van der Waals surface area contributed by atoms with Crippen LogP contribution in [-0.2, 0) is 0 Å². The van der Waals surface area contributed by atoms with E-state index >= 15 is 0 Å². The Kier molecular flexibility index (Phi) is 9.98. The maximum atomic E-state index is 6.37. The molecule has 2 saturated heterocycles.